The minimum Gasteiger partial charge on any atom is -0.363 e. The van der Waals surface area contributed by atoms with Crippen LogP contribution in [0.5, 0.6) is 0 Å². The third-order valence-electron chi connectivity index (χ3n) is 2.09. The van der Waals surface area contributed by atoms with Crippen LogP contribution in [0.15, 0.2) is 0 Å². The maximum Gasteiger partial charge on any atom is 0.436 e. The molecule has 0 aromatic carbocycles. The van der Waals surface area contributed by atoms with E-state index in [1.807, 2.05) is 0 Å². The highest BCUT2D eigenvalue weighted by molar-refractivity contribution is 7.80. The van der Waals surface area contributed by atoms with Gasteiger partial charge in [-0.05, 0) is 12.2 Å². The van der Waals surface area contributed by atoms with Crippen LogP contribution in [-0.4, -0.2) is 39.1 Å². The largest absolute Gasteiger partial charge is 0.436 e. The van der Waals surface area contributed by atoms with E-state index in [2.05, 4.69) is 12.2 Å². The number of rotatable bonds is 0. The third-order valence-corrected chi connectivity index (χ3v) is 2.29. The third kappa shape index (κ3) is 2.40. The van der Waals surface area contributed by atoms with Gasteiger partial charge in [-0.15, -0.1) is 0 Å². The molecule has 0 amide bonds. The molecule has 2 atom stereocenters. The van der Waals surface area contributed by atoms with Crippen molar-refractivity contribution in [2.45, 2.75) is 30.2 Å². The summed E-state index contributed by atoms with van der Waals surface area (Å²) in [4.78, 5) is 0. The summed E-state index contributed by atoms with van der Waals surface area (Å²) in [6, 6.07) is 0. The summed E-state index contributed by atoms with van der Waals surface area (Å²) in [5.41, 5.74) is -7.89. The Morgan fingerprint density at radius 3 is 1.47 bits per heavy atom. The van der Waals surface area contributed by atoms with Crippen molar-refractivity contribution in [1.82, 2.24) is 10.6 Å². The highest BCUT2D eigenvalue weighted by Crippen LogP contribution is 2.41. The minimum atomic E-state index is -5.43. The van der Waals surface area contributed by atoms with Crippen molar-refractivity contribution in [3.05, 3.63) is 0 Å². The molecule has 1 rings (SSSR count). The fraction of sp³-hybridized carbons (Fsp3) is 0.833. The van der Waals surface area contributed by atoms with Gasteiger partial charge in [0.1, 0.15) is 0 Å². The zero-order valence-electron chi connectivity index (χ0n) is 7.78. The highest BCUT2D eigenvalue weighted by atomic mass is 32.1. The number of alkyl halides is 6. The van der Waals surface area contributed by atoms with Crippen molar-refractivity contribution < 1.29 is 36.6 Å². The van der Waals surface area contributed by atoms with Gasteiger partial charge in [0.25, 0.3) is 0 Å². The van der Waals surface area contributed by atoms with Gasteiger partial charge in [0.2, 0.25) is 11.4 Å². The van der Waals surface area contributed by atoms with Gasteiger partial charge in [0.15, 0.2) is 5.11 Å². The molecule has 4 nitrogen and oxygen atoms in total. The van der Waals surface area contributed by atoms with Crippen LogP contribution in [0.3, 0.4) is 0 Å². The lowest BCUT2D eigenvalue weighted by Gasteiger charge is -2.45. The molecule has 11 heteroatoms. The molecule has 17 heavy (non-hydrogen) atoms. The predicted molar refractivity (Wildman–Crippen MR) is 45.5 cm³/mol. The standard InChI is InChI=1S/C6H6F6N2O2S/c7-5(8,9)3(15)1-4(16,6(10,11)12)14-2(17)13-3/h15-16H,1H2,(H2,13,14,17)/t3-,4-/m1/s1. The first-order valence-electron chi connectivity index (χ1n) is 3.99. The van der Waals surface area contributed by atoms with Gasteiger partial charge in [-0.25, -0.2) is 0 Å². The monoisotopic (exact) mass is 284 g/mol. The summed E-state index contributed by atoms with van der Waals surface area (Å²) in [5, 5.41) is 19.5. The zero-order chi connectivity index (χ0) is 13.7. The van der Waals surface area contributed by atoms with Crippen molar-refractivity contribution in [2.75, 3.05) is 0 Å². The summed E-state index contributed by atoms with van der Waals surface area (Å²) >= 11 is 4.10. The minimum absolute atomic E-state index is 1.16. The van der Waals surface area contributed by atoms with E-state index in [1.54, 1.807) is 0 Å². The van der Waals surface area contributed by atoms with Crippen LogP contribution in [0.2, 0.25) is 0 Å². The average Bonchev–Trinajstić information content (AvgIpc) is 1.96. The molecule has 0 aliphatic carbocycles. The maximum atomic E-state index is 12.4. The van der Waals surface area contributed by atoms with Crippen molar-refractivity contribution in [3.63, 3.8) is 0 Å². The zero-order valence-corrected chi connectivity index (χ0v) is 8.59. The lowest BCUT2D eigenvalue weighted by molar-refractivity contribution is -0.330. The van der Waals surface area contributed by atoms with Crippen molar-refractivity contribution in [2.24, 2.45) is 0 Å². The van der Waals surface area contributed by atoms with Gasteiger partial charge in [-0.3, -0.25) is 0 Å². The number of halogens is 6. The quantitative estimate of drug-likeness (QED) is 0.382. The lowest BCUT2D eigenvalue weighted by Crippen LogP contribution is -2.76. The molecule has 0 spiro atoms. The SMILES string of the molecule is O[C@@]1(C(F)(F)F)C[C@@](O)(C(F)(F)F)NC(=S)N1. The molecule has 100 valence electrons. The number of aliphatic hydroxyl groups is 2. The van der Waals surface area contributed by atoms with Crippen LogP contribution in [0.25, 0.3) is 0 Å². The van der Waals surface area contributed by atoms with E-state index in [0.717, 1.165) is 0 Å². The molecule has 1 aliphatic heterocycles. The molecule has 1 heterocycles. The summed E-state index contributed by atoms with van der Waals surface area (Å²) in [6.07, 6.45) is -12.9. The van der Waals surface area contributed by atoms with E-state index in [4.69, 9.17) is 10.2 Å². The van der Waals surface area contributed by atoms with E-state index in [9.17, 15) is 26.3 Å². The molecule has 1 aliphatic rings. The first-order valence-corrected chi connectivity index (χ1v) is 4.40. The molecule has 0 unspecified atom stereocenters. The topological polar surface area (TPSA) is 64.5 Å². The Labute approximate surface area is 95.6 Å². The van der Waals surface area contributed by atoms with Crippen LogP contribution in [-0.2, 0) is 0 Å². The highest BCUT2D eigenvalue weighted by Gasteiger charge is 2.67. The first-order chi connectivity index (χ1) is 7.31. The number of hydrogen-bond donors (Lipinski definition) is 4. The van der Waals surface area contributed by atoms with Gasteiger partial charge >= 0.3 is 12.4 Å². The summed E-state index contributed by atoms with van der Waals surface area (Å²) in [5.74, 6) is 0. The molecule has 4 N–H and O–H groups in total. The predicted octanol–water partition coefficient (Wildman–Crippen LogP) is 0.356. The summed E-state index contributed by atoms with van der Waals surface area (Å²) in [7, 11) is 0. The van der Waals surface area contributed by atoms with Crippen molar-refractivity contribution in [3.8, 4) is 0 Å². The van der Waals surface area contributed by atoms with Gasteiger partial charge in [-0.2, -0.15) is 26.3 Å². The second-order valence-corrected chi connectivity index (χ2v) is 3.88. The van der Waals surface area contributed by atoms with E-state index < -0.39 is 35.3 Å². The Kier molecular flexibility index (Phi) is 3.01. The Morgan fingerprint density at radius 1 is 0.941 bits per heavy atom. The number of nitrogens with one attached hydrogen (secondary N) is 2. The summed E-state index contributed by atoms with van der Waals surface area (Å²) in [6.45, 7) is 0. The Hall–Kier alpha value is -0.810. The molecular weight excluding hydrogens is 278 g/mol. The molecule has 0 aromatic heterocycles. The van der Waals surface area contributed by atoms with Crippen molar-refractivity contribution >= 4 is 17.3 Å². The average molecular weight is 284 g/mol. The smallest absolute Gasteiger partial charge is 0.363 e. The maximum absolute atomic E-state index is 12.4. The van der Waals surface area contributed by atoms with E-state index in [1.165, 1.54) is 10.6 Å². The summed E-state index contributed by atoms with van der Waals surface area (Å²) < 4.78 is 74.1. The Morgan fingerprint density at radius 2 is 1.24 bits per heavy atom. The number of thiocarbonyl (C=S) groups is 1. The molecular formula is C6H6F6N2O2S. The van der Waals surface area contributed by atoms with Gasteiger partial charge in [0, 0.05) is 0 Å². The van der Waals surface area contributed by atoms with Gasteiger partial charge in [-0.1, -0.05) is 0 Å². The lowest BCUT2D eigenvalue weighted by atomic mass is 9.96. The van der Waals surface area contributed by atoms with Gasteiger partial charge < -0.3 is 20.8 Å². The Balaban J connectivity index is 3.14. The van der Waals surface area contributed by atoms with Crippen LogP contribution in [0, 0.1) is 0 Å². The fourth-order valence-electron chi connectivity index (χ4n) is 1.21. The molecule has 1 saturated heterocycles. The normalized spacial score (nSPS) is 35.2. The second-order valence-electron chi connectivity index (χ2n) is 3.47. The van der Waals surface area contributed by atoms with Crippen LogP contribution in [0.4, 0.5) is 26.3 Å². The van der Waals surface area contributed by atoms with Crippen LogP contribution in [0.1, 0.15) is 6.42 Å². The molecule has 0 bridgehead atoms. The fourth-order valence-corrected chi connectivity index (χ4v) is 1.55. The second kappa shape index (κ2) is 3.59. The van der Waals surface area contributed by atoms with E-state index in [0.29, 0.717) is 0 Å². The Bertz CT molecular complexity index is 314. The van der Waals surface area contributed by atoms with Crippen LogP contribution >= 0.6 is 12.2 Å². The van der Waals surface area contributed by atoms with Crippen molar-refractivity contribution in [1.29, 1.82) is 0 Å². The molecule has 1 fully saturated rings. The number of hydrogen-bond acceptors (Lipinski definition) is 3. The molecule has 0 radical (unpaired) electrons. The molecule has 0 aromatic rings. The van der Waals surface area contributed by atoms with E-state index in [-0.39, 0.29) is 0 Å². The first kappa shape index (κ1) is 14.3. The van der Waals surface area contributed by atoms with E-state index >= 15 is 0 Å². The molecule has 0 saturated carbocycles. The van der Waals surface area contributed by atoms with Gasteiger partial charge in [0.05, 0.1) is 6.42 Å². The van der Waals surface area contributed by atoms with Crippen LogP contribution < -0.4 is 10.6 Å².